The number of rotatable bonds is 11. The molecule has 3 aromatic carbocycles. The van der Waals surface area contributed by atoms with Gasteiger partial charge in [0.2, 0.25) is 0 Å². The molecular weight excluding hydrogens is 522 g/mol. The van der Waals surface area contributed by atoms with E-state index in [9.17, 15) is 0 Å². The second-order valence-electron chi connectivity index (χ2n) is 9.18. The van der Waals surface area contributed by atoms with Crippen LogP contribution in [0, 0.1) is 0 Å². The highest BCUT2D eigenvalue weighted by Gasteiger charge is 2.16. The van der Waals surface area contributed by atoms with Crippen LogP contribution in [0.2, 0.25) is 0 Å². The van der Waals surface area contributed by atoms with Crippen LogP contribution in [0.1, 0.15) is 22.5 Å². The van der Waals surface area contributed by atoms with Gasteiger partial charge in [0.1, 0.15) is 11.4 Å². The quantitative estimate of drug-likeness (QED) is 0.217. The molecule has 0 saturated carbocycles. The molecule has 0 aliphatic carbocycles. The fraction of sp³-hybridized carbons (Fsp3) is 0.172. The Balaban J connectivity index is 1.20. The van der Waals surface area contributed by atoms with Gasteiger partial charge in [-0.15, -0.1) is 15.3 Å². The summed E-state index contributed by atoms with van der Waals surface area (Å²) in [5.74, 6) is 2.02. The zero-order valence-corrected chi connectivity index (χ0v) is 22.7. The first kappa shape index (κ1) is 25.5. The van der Waals surface area contributed by atoms with Crippen LogP contribution in [0.25, 0.3) is 11.4 Å². The van der Waals surface area contributed by atoms with Gasteiger partial charge in [0, 0.05) is 17.5 Å². The van der Waals surface area contributed by atoms with Crippen molar-refractivity contribution in [3.63, 3.8) is 0 Å². The van der Waals surface area contributed by atoms with Crippen molar-refractivity contribution in [2.45, 2.75) is 30.5 Å². The second kappa shape index (κ2) is 12.0. The standard InChI is InChI=1S/C29H27N9OS/c1-39-27-14-12-24(13-15-27)28-30-29(40-21-26-19-37(35-32-26)17-23-10-6-3-7-11-23)38(33-28)20-25-18-36(34-31-25)16-22-8-4-2-5-9-22/h2-15,18-19H,16-17,20-21H2,1H3. The summed E-state index contributed by atoms with van der Waals surface area (Å²) in [4.78, 5) is 4.86. The minimum atomic E-state index is 0.445. The van der Waals surface area contributed by atoms with Crippen molar-refractivity contribution in [2.75, 3.05) is 7.11 Å². The van der Waals surface area contributed by atoms with Crippen LogP contribution in [0.4, 0.5) is 0 Å². The molecule has 0 aliphatic rings. The molecule has 0 bridgehead atoms. The first-order valence-corrected chi connectivity index (χ1v) is 13.8. The summed E-state index contributed by atoms with van der Waals surface area (Å²) >= 11 is 1.57. The lowest BCUT2D eigenvalue weighted by Gasteiger charge is -2.02. The zero-order valence-electron chi connectivity index (χ0n) is 21.9. The molecule has 0 atom stereocenters. The molecule has 0 N–H and O–H groups in total. The Kier molecular flexibility index (Phi) is 7.62. The highest BCUT2D eigenvalue weighted by atomic mass is 32.2. The molecule has 0 unspecified atom stereocenters. The summed E-state index contributed by atoms with van der Waals surface area (Å²) in [6.07, 6.45) is 3.92. The average Bonchev–Trinajstić information content (AvgIpc) is 3.74. The van der Waals surface area contributed by atoms with Crippen LogP contribution in [-0.4, -0.2) is 51.9 Å². The highest BCUT2D eigenvalue weighted by Crippen LogP contribution is 2.26. The van der Waals surface area contributed by atoms with Crippen molar-refractivity contribution in [3.05, 3.63) is 120 Å². The molecule has 6 rings (SSSR count). The van der Waals surface area contributed by atoms with Gasteiger partial charge in [0.25, 0.3) is 0 Å². The molecule has 6 aromatic rings. The number of methoxy groups -OCH3 is 1. The van der Waals surface area contributed by atoms with E-state index in [4.69, 9.17) is 14.8 Å². The van der Waals surface area contributed by atoms with E-state index in [0.717, 1.165) is 33.4 Å². The Hall–Kier alpha value is -4.77. The lowest BCUT2D eigenvalue weighted by Crippen LogP contribution is -2.04. The molecule has 0 radical (unpaired) electrons. The van der Waals surface area contributed by atoms with Crippen LogP contribution >= 0.6 is 11.8 Å². The topological polar surface area (TPSA) is 101 Å². The van der Waals surface area contributed by atoms with Gasteiger partial charge < -0.3 is 4.74 Å². The van der Waals surface area contributed by atoms with E-state index in [-0.39, 0.29) is 0 Å². The third-order valence-electron chi connectivity index (χ3n) is 6.19. The second-order valence-corrected chi connectivity index (χ2v) is 10.1. The molecular formula is C29H27N9OS. The van der Waals surface area contributed by atoms with Gasteiger partial charge in [-0.05, 0) is 35.4 Å². The summed E-state index contributed by atoms with van der Waals surface area (Å²) < 4.78 is 10.9. The monoisotopic (exact) mass is 549 g/mol. The van der Waals surface area contributed by atoms with Crippen molar-refractivity contribution >= 4 is 11.8 Å². The number of hydrogen-bond acceptors (Lipinski definition) is 8. The molecule has 3 aromatic heterocycles. The van der Waals surface area contributed by atoms with Crippen LogP contribution in [0.15, 0.2) is 102 Å². The minimum Gasteiger partial charge on any atom is -0.497 e. The number of thioether (sulfide) groups is 1. The lowest BCUT2D eigenvalue weighted by molar-refractivity contribution is 0.415. The van der Waals surface area contributed by atoms with E-state index in [2.05, 4.69) is 44.9 Å². The third kappa shape index (κ3) is 6.26. The number of benzene rings is 3. The number of aromatic nitrogens is 9. The van der Waals surface area contributed by atoms with E-state index < -0.39 is 0 Å². The van der Waals surface area contributed by atoms with Gasteiger partial charge in [-0.25, -0.2) is 19.0 Å². The maximum absolute atomic E-state index is 5.30. The van der Waals surface area contributed by atoms with Crippen LogP contribution in [0.3, 0.4) is 0 Å². The molecule has 11 heteroatoms. The summed E-state index contributed by atoms with van der Waals surface area (Å²) in [6, 6.07) is 28.1. The zero-order chi connectivity index (χ0) is 27.1. The molecule has 0 amide bonds. The van der Waals surface area contributed by atoms with Crippen molar-refractivity contribution in [1.29, 1.82) is 0 Å². The van der Waals surface area contributed by atoms with Crippen molar-refractivity contribution < 1.29 is 4.74 Å². The summed E-state index contributed by atoms with van der Waals surface area (Å²) in [6.45, 7) is 1.78. The Morgan fingerprint density at radius 3 is 1.93 bits per heavy atom. The predicted octanol–water partition coefficient (Wildman–Crippen LogP) is 4.57. The maximum atomic E-state index is 5.30. The Morgan fingerprint density at radius 2 is 1.30 bits per heavy atom. The molecule has 10 nitrogen and oxygen atoms in total. The molecule has 40 heavy (non-hydrogen) atoms. The smallest absolute Gasteiger partial charge is 0.187 e. The van der Waals surface area contributed by atoms with Crippen LogP contribution in [0.5, 0.6) is 5.75 Å². The first-order valence-electron chi connectivity index (χ1n) is 12.8. The van der Waals surface area contributed by atoms with Crippen molar-refractivity contribution in [3.8, 4) is 17.1 Å². The molecule has 0 aliphatic heterocycles. The van der Waals surface area contributed by atoms with Gasteiger partial charge in [-0.1, -0.05) is 82.9 Å². The molecule has 0 spiro atoms. The lowest BCUT2D eigenvalue weighted by atomic mass is 10.2. The van der Waals surface area contributed by atoms with E-state index in [1.54, 1.807) is 18.9 Å². The summed E-state index contributed by atoms with van der Waals surface area (Å²) in [5, 5.41) is 23.0. The average molecular weight is 550 g/mol. The summed E-state index contributed by atoms with van der Waals surface area (Å²) in [7, 11) is 1.65. The molecule has 0 saturated heterocycles. The van der Waals surface area contributed by atoms with Gasteiger partial charge >= 0.3 is 0 Å². The van der Waals surface area contributed by atoms with E-state index in [1.165, 1.54) is 5.56 Å². The molecule has 200 valence electrons. The fourth-order valence-corrected chi connectivity index (χ4v) is 5.02. The minimum absolute atomic E-state index is 0.445. The Bertz CT molecular complexity index is 1660. The normalized spacial score (nSPS) is 11.1. The highest BCUT2D eigenvalue weighted by molar-refractivity contribution is 7.98. The first-order chi connectivity index (χ1) is 19.7. The fourth-order valence-electron chi connectivity index (χ4n) is 4.20. The summed E-state index contributed by atoms with van der Waals surface area (Å²) in [5.41, 5.74) is 4.92. The van der Waals surface area contributed by atoms with Gasteiger partial charge in [0.15, 0.2) is 11.0 Å². The van der Waals surface area contributed by atoms with Crippen molar-refractivity contribution in [2.24, 2.45) is 0 Å². The van der Waals surface area contributed by atoms with Gasteiger partial charge in [-0.3, -0.25) is 0 Å². The van der Waals surface area contributed by atoms with E-state index >= 15 is 0 Å². The number of hydrogen-bond donors (Lipinski definition) is 0. The van der Waals surface area contributed by atoms with Gasteiger partial charge in [0.05, 0.1) is 38.6 Å². The largest absolute Gasteiger partial charge is 0.497 e. The van der Waals surface area contributed by atoms with Crippen LogP contribution in [-0.2, 0) is 25.4 Å². The predicted molar refractivity (Wildman–Crippen MR) is 152 cm³/mol. The Morgan fingerprint density at radius 1 is 0.700 bits per heavy atom. The third-order valence-corrected chi connectivity index (χ3v) is 7.19. The molecule has 3 heterocycles. The van der Waals surface area contributed by atoms with Gasteiger partial charge in [-0.2, -0.15) is 0 Å². The van der Waals surface area contributed by atoms with Crippen molar-refractivity contribution in [1.82, 2.24) is 44.8 Å². The van der Waals surface area contributed by atoms with E-state index in [1.807, 2.05) is 87.1 Å². The molecule has 0 fully saturated rings. The number of nitrogens with zero attached hydrogens (tertiary/aromatic N) is 9. The SMILES string of the molecule is COc1ccc(-c2nc(SCc3cn(Cc4ccccc4)nn3)n(Cc3cn(Cc4ccccc4)nn3)n2)cc1. The van der Waals surface area contributed by atoms with E-state index in [0.29, 0.717) is 31.2 Å². The maximum Gasteiger partial charge on any atom is 0.187 e. The number of ether oxygens (including phenoxy) is 1. The Labute approximate surface area is 235 Å². The van der Waals surface area contributed by atoms with Crippen LogP contribution < -0.4 is 4.74 Å².